The minimum Gasteiger partial charge on any atom is -0.468 e. The zero-order valence-corrected chi connectivity index (χ0v) is 15.9. The highest BCUT2D eigenvalue weighted by Gasteiger charge is 2.55. The van der Waals surface area contributed by atoms with Gasteiger partial charge in [0.25, 0.3) is 0 Å². The Labute approximate surface area is 161 Å². The van der Waals surface area contributed by atoms with Gasteiger partial charge in [0.15, 0.2) is 5.41 Å². The molecule has 8 heteroatoms. The lowest BCUT2D eigenvalue weighted by molar-refractivity contribution is -0.168. The minimum atomic E-state index is -1.97. The van der Waals surface area contributed by atoms with E-state index in [-0.39, 0.29) is 12.0 Å². The van der Waals surface area contributed by atoms with Crippen LogP contribution in [0, 0.1) is 5.41 Å². The van der Waals surface area contributed by atoms with Crippen LogP contribution >= 0.6 is 0 Å². The van der Waals surface area contributed by atoms with Gasteiger partial charge in [-0.3, -0.25) is 9.59 Å². The Bertz CT molecular complexity index is 862. The van der Waals surface area contributed by atoms with Crippen molar-refractivity contribution in [3.63, 3.8) is 0 Å². The summed E-state index contributed by atoms with van der Waals surface area (Å²) in [6, 6.07) is 6.52. The van der Waals surface area contributed by atoms with Crippen molar-refractivity contribution in [3.8, 4) is 0 Å². The van der Waals surface area contributed by atoms with Gasteiger partial charge in [0.2, 0.25) is 0 Å². The molecule has 148 valence electrons. The number of carbonyl (C=O) groups is 4. The molecular formula is C20H20O8. The maximum atomic E-state index is 12.5. The van der Waals surface area contributed by atoms with Crippen LogP contribution in [-0.2, 0) is 33.3 Å². The number of esters is 4. The van der Waals surface area contributed by atoms with Crippen molar-refractivity contribution in [2.75, 3.05) is 28.4 Å². The van der Waals surface area contributed by atoms with E-state index in [1.54, 1.807) is 30.3 Å². The molecule has 0 saturated carbocycles. The van der Waals surface area contributed by atoms with Crippen molar-refractivity contribution in [3.05, 3.63) is 53.1 Å². The van der Waals surface area contributed by atoms with Crippen LogP contribution in [0.5, 0.6) is 0 Å². The highest BCUT2D eigenvalue weighted by molar-refractivity contribution is 6.13. The normalized spacial score (nSPS) is 14.9. The van der Waals surface area contributed by atoms with Crippen LogP contribution in [0.3, 0.4) is 0 Å². The highest BCUT2D eigenvalue weighted by Crippen LogP contribution is 2.42. The van der Waals surface area contributed by atoms with Gasteiger partial charge in [0, 0.05) is 0 Å². The van der Waals surface area contributed by atoms with Crippen LogP contribution < -0.4 is 0 Å². The summed E-state index contributed by atoms with van der Waals surface area (Å²) in [5.41, 5.74) is -0.761. The molecule has 1 aliphatic carbocycles. The lowest BCUT2D eigenvalue weighted by Gasteiger charge is -2.31. The van der Waals surface area contributed by atoms with Crippen molar-refractivity contribution in [1.82, 2.24) is 0 Å². The number of allylic oxidation sites excluding steroid dienone is 3. The van der Waals surface area contributed by atoms with Gasteiger partial charge in [-0.1, -0.05) is 18.2 Å². The smallest absolute Gasteiger partial charge is 0.337 e. The highest BCUT2D eigenvalue weighted by atomic mass is 16.6. The van der Waals surface area contributed by atoms with Crippen LogP contribution in [0.25, 0.3) is 5.57 Å². The molecule has 0 heterocycles. The Kier molecular flexibility index (Phi) is 6.35. The van der Waals surface area contributed by atoms with Gasteiger partial charge in [-0.05, 0) is 35.8 Å². The predicted molar refractivity (Wildman–Crippen MR) is 96.9 cm³/mol. The second-order valence-corrected chi connectivity index (χ2v) is 5.87. The van der Waals surface area contributed by atoms with Crippen LogP contribution in [-0.4, -0.2) is 52.3 Å². The van der Waals surface area contributed by atoms with E-state index < -0.39 is 29.3 Å². The Balaban J connectivity index is 2.61. The standard InChI is InChI=1S/C20H20O8/c1-25-16(21)14-7-5-6-12(10-14)13-8-9-20(18(23)27-3,19(24)28-4)15(11-13)17(22)26-2/h5-8,10-11H,9H2,1-4H3. The first-order valence-corrected chi connectivity index (χ1v) is 8.22. The second-order valence-electron chi connectivity index (χ2n) is 5.87. The first-order valence-electron chi connectivity index (χ1n) is 8.22. The minimum absolute atomic E-state index is 0.176. The van der Waals surface area contributed by atoms with E-state index in [0.29, 0.717) is 16.7 Å². The molecule has 0 bridgehead atoms. The quantitative estimate of drug-likeness (QED) is 0.426. The van der Waals surface area contributed by atoms with Gasteiger partial charge >= 0.3 is 23.9 Å². The summed E-state index contributed by atoms with van der Waals surface area (Å²) in [4.78, 5) is 49.2. The molecule has 0 saturated heterocycles. The first kappa shape index (κ1) is 20.9. The lowest BCUT2D eigenvalue weighted by atomic mass is 9.72. The summed E-state index contributed by atoms with van der Waals surface area (Å²) in [6.45, 7) is 0. The van der Waals surface area contributed by atoms with E-state index in [2.05, 4.69) is 0 Å². The van der Waals surface area contributed by atoms with Crippen LogP contribution in [0.4, 0.5) is 0 Å². The molecule has 0 aliphatic heterocycles. The maximum Gasteiger partial charge on any atom is 0.337 e. The average molecular weight is 388 g/mol. The zero-order chi connectivity index (χ0) is 20.9. The fourth-order valence-electron chi connectivity index (χ4n) is 3.02. The van der Waals surface area contributed by atoms with E-state index in [1.165, 1.54) is 13.2 Å². The Morgan fingerprint density at radius 3 is 2.00 bits per heavy atom. The van der Waals surface area contributed by atoms with Gasteiger partial charge in [-0.15, -0.1) is 0 Å². The monoisotopic (exact) mass is 388 g/mol. The third-order valence-electron chi connectivity index (χ3n) is 4.48. The number of rotatable bonds is 5. The molecule has 0 unspecified atom stereocenters. The molecule has 2 rings (SSSR count). The number of hydrogen-bond donors (Lipinski definition) is 0. The van der Waals surface area contributed by atoms with Gasteiger partial charge in [-0.25, -0.2) is 9.59 Å². The zero-order valence-electron chi connectivity index (χ0n) is 15.9. The fraction of sp³-hybridized carbons (Fsp3) is 0.300. The molecule has 1 aromatic carbocycles. The molecule has 0 radical (unpaired) electrons. The third kappa shape index (κ3) is 3.53. The molecule has 0 amide bonds. The molecule has 0 N–H and O–H groups in total. The second kappa shape index (κ2) is 8.51. The summed E-state index contributed by atoms with van der Waals surface area (Å²) in [5.74, 6) is -3.26. The molecule has 28 heavy (non-hydrogen) atoms. The van der Waals surface area contributed by atoms with Crippen molar-refractivity contribution < 1.29 is 38.1 Å². The number of carbonyl (C=O) groups excluding carboxylic acids is 4. The SMILES string of the molecule is COC(=O)C1=CC(c2cccc(C(=O)OC)c2)=CCC1(C(=O)OC)C(=O)OC. The fourth-order valence-corrected chi connectivity index (χ4v) is 3.02. The third-order valence-corrected chi connectivity index (χ3v) is 4.48. The maximum absolute atomic E-state index is 12.5. The van der Waals surface area contributed by atoms with Gasteiger partial charge in [-0.2, -0.15) is 0 Å². The summed E-state index contributed by atoms with van der Waals surface area (Å²) in [5, 5.41) is 0. The average Bonchev–Trinajstić information content (AvgIpc) is 2.76. The number of benzene rings is 1. The number of ether oxygens (including phenoxy) is 4. The van der Waals surface area contributed by atoms with Gasteiger partial charge < -0.3 is 18.9 Å². The Morgan fingerprint density at radius 2 is 1.46 bits per heavy atom. The van der Waals surface area contributed by atoms with E-state index in [1.807, 2.05) is 0 Å². The Morgan fingerprint density at radius 1 is 0.857 bits per heavy atom. The largest absolute Gasteiger partial charge is 0.468 e. The molecule has 1 aliphatic rings. The molecule has 0 atom stereocenters. The van der Waals surface area contributed by atoms with Crippen molar-refractivity contribution in [2.24, 2.45) is 5.41 Å². The van der Waals surface area contributed by atoms with Gasteiger partial charge in [0.05, 0.1) is 39.6 Å². The van der Waals surface area contributed by atoms with E-state index in [4.69, 9.17) is 18.9 Å². The van der Waals surface area contributed by atoms with Crippen LogP contribution in [0.1, 0.15) is 22.3 Å². The summed E-state index contributed by atoms with van der Waals surface area (Å²) >= 11 is 0. The number of methoxy groups -OCH3 is 4. The van der Waals surface area contributed by atoms with E-state index in [0.717, 1.165) is 21.3 Å². The van der Waals surface area contributed by atoms with E-state index >= 15 is 0 Å². The summed E-state index contributed by atoms with van der Waals surface area (Å²) in [7, 11) is 4.63. The topological polar surface area (TPSA) is 105 Å². The van der Waals surface area contributed by atoms with Gasteiger partial charge in [0.1, 0.15) is 0 Å². The molecule has 0 aromatic heterocycles. The molecule has 0 fully saturated rings. The van der Waals surface area contributed by atoms with Crippen molar-refractivity contribution in [2.45, 2.75) is 6.42 Å². The van der Waals surface area contributed by atoms with Crippen molar-refractivity contribution in [1.29, 1.82) is 0 Å². The summed E-state index contributed by atoms with van der Waals surface area (Å²) in [6.07, 6.45) is 2.78. The summed E-state index contributed by atoms with van der Waals surface area (Å²) < 4.78 is 19.0. The van der Waals surface area contributed by atoms with Crippen molar-refractivity contribution >= 4 is 29.5 Å². The van der Waals surface area contributed by atoms with Crippen LogP contribution in [0.2, 0.25) is 0 Å². The Hall–Kier alpha value is -3.42. The molecule has 8 nitrogen and oxygen atoms in total. The lowest BCUT2D eigenvalue weighted by Crippen LogP contribution is -2.46. The van der Waals surface area contributed by atoms with E-state index in [9.17, 15) is 19.2 Å². The molecule has 1 aromatic rings. The first-order chi connectivity index (χ1) is 13.3. The predicted octanol–water partition coefficient (Wildman–Crippen LogP) is 1.69. The molecule has 0 spiro atoms. The van der Waals surface area contributed by atoms with Crippen LogP contribution in [0.15, 0.2) is 42.0 Å². The number of hydrogen-bond acceptors (Lipinski definition) is 8. The molecular weight excluding hydrogens is 368 g/mol.